The molecular formula is C24H30BrCl2N3O4S. The predicted octanol–water partition coefficient (Wildman–Crippen LogP) is 5.10. The zero-order valence-corrected chi connectivity index (χ0v) is 24.0. The largest absolute Gasteiger partial charge is 0.354 e. The van der Waals surface area contributed by atoms with Crippen LogP contribution in [0.25, 0.3) is 0 Å². The minimum absolute atomic E-state index is 0.0568. The first kappa shape index (κ1) is 29.4. The second-order valence-electron chi connectivity index (χ2n) is 8.58. The van der Waals surface area contributed by atoms with Crippen molar-refractivity contribution >= 4 is 66.7 Å². The SMILES string of the molecule is CC[C@H](C(=O)NCC(C)C)N(Cc1ccc(Cl)c(Cl)c1)C(=O)CN(c1ccc(Br)cc1)S(C)(=O)=O. The van der Waals surface area contributed by atoms with Gasteiger partial charge in [0.1, 0.15) is 12.6 Å². The first-order valence-electron chi connectivity index (χ1n) is 11.1. The first-order valence-corrected chi connectivity index (χ1v) is 14.5. The van der Waals surface area contributed by atoms with Crippen LogP contribution in [0.2, 0.25) is 10.0 Å². The van der Waals surface area contributed by atoms with Crippen LogP contribution in [0, 0.1) is 5.92 Å². The van der Waals surface area contributed by atoms with Gasteiger partial charge in [-0.2, -0.15) is 0 Å². The third kappa shape index (κ3) is 8.66. The van der Waals surface area contributed by atoms with E-state index in [1.807, 2.05) is 13.8 Å². The smallest absolute Gasteiger partial charge is 0.244 e. The molecule has 0 heterocycles. The Hall–Kier alpha value is -1.81. The summed E-state index contributed by atoms with van der Waals surface area (Å²) in [5, 5.41) is 3.57. The molecule has 2 rings (SSSR count). The highest BCUT2D eigenvalue weighted by molar-refractivity contribution is 9.10. The molecule has 2 aromatic carbocycles. The van der Waals surface area contributed by atoms with Crippen molar-refractivity contribution < 1.29 is 18.0 Å². The number of hydrogen-bond donors (Lipinski definition) is 1. The van der Waals surface area contributed by atoms with E-state index in [2.05, 4.69) is 21.2 Å². The quantitative estimate of drug-likeness (QED) is 0.385. The van der Waals surface area contributed by atoms with E-state index in [4.69, 9.17) is 23.2 Å². The molecule has 192 valence electrons. The minimum atomic E-state index is -3.79. The number of carbonyl (C=O) groups is 2. The second-order valence-corrected chi connectivity index (χ2v) is 12.2. The molecule has 0 radical (unpaired) electrons. The van der Waals surface area contributed by atoms with E-state index in [9.17, 15) is 18.0 Å². The highest BCUT2D eigenvalue weighted by atomic mass is 79.9. The molecule has 0 unspecified atom stereocenters. The fourth-order valence-corrected chi connectivity index (χ4v) is 4.83. The maximum Gasteiger partial charge on any atom is 0.244 e. The van der Waals surface area contributed by atoms with E-state index in [-0.39, 0.29) is 18.4 Å². The average molecular weight is 607 g/mol. The summed E-state index contributed by atoms with van der Waals surface area (Å²) in [6, 6.07) is 10.8. The fraction of sp³-hybridized carbons (Fsp3) is 0.417. The van der Waals surface area contributed by atoms with Crippen molar-refractivity contribution in [2.24, 2.45) is 5.92 Å². The number of halogens is 3. The lowest BCUT2D eigenvalue weighted by Crippen LogP contribution is -2.52. The molecule has 0 saturated carbocycles. The summed E-state index contributed by atoms with van der Waals surface area (Å²) in [5.74, 6) is -0.589. The highest BCUT2D eigenvalue weighted by Gasteiger charge is 2.31. The Balaban J connectivity index is 2.43. The molecule has 0 bridgehead atoms. The van der Waals surface area contributed by atoms with Gasteiger partial charge in [0.25, 0.3) is 0 Å². The van der Waals surface area contributed by atoms with Gasteiger partial charge in [-0.1, -0.05) is 66.0 Å². The molecule has 1 N–H and O–H groups in total. The normalized spacial score (nSPS) is 12.3. The second kappa shape index (κ2) is 12.9. The number of amides is 2. The van der Waals surface area contributed by atoms with E-state index >= 15 is 0 Å². The Morgan fingerprint density at radius 1 is 1.06 bits per heavy atom. The van der Waals surface area contributed by atoms with E-state index in [1.165, 1.54) is 4.90 Å². The van der Waals surface area contributed by atoms with E-state index in [1.54, 1.807) is 49.4 Å². The van der Waals surface area contributed by atoms with Crippen LogP contribution in [0.4, 0.5) is 5.69 Å². The van der Waals surface area contributed by atoms with Crippen molar-refractivity contribution in [2.75, 3.05) is 23.7 Å². The van der Waals surface area contributed by atoms with Crippen LogP contribution in [-0.4, -0.2) is 50.5 Å². The number of hydrogen-bond acceptors (Lipinski definition) is 4. The number of anilines is 1. The third-order valence-corrected chi connectivity index (χ3v) is 7.61. The number of sulfonamides is 1. The lowest BCUT2D eigenvalue weighted by atomic mass is 10.1. The van der Waals surface area contributed by atoms with Gasteiger partial charge in [0, 0.05) is 17.6 Å². The van der Waals surface area contributed by atoms with E-state index in [0.717, 1.165) is 15.0 Å². The van der Waals surface area contributed by atoms with Crippen LogP contribution in [0.15, 0.2) is 46.9 Å². The molecule has 0 fully saturated rings. The van der Waals surface area contributed by atoms with Gasteiger partial charge in [0.15, 0.2) is 0 Å². The maximum atomic E-state index is 13.6. The monoisotopic (exact) mass is 605 g/mol. The third-order valence-electron chi connectivity index (χ3n) is 5.20. The van der Waals surface area contributed by atoms with E-state index in [0.29, 0.717) is 34.3 Å². The number of benzene rings is 2. The molecule has 0 saturated heterocycles. The van der Waals surface area contributed by atoms with Crippen LogP contribution in [-0.2, 0) is 26.2 Å². The maximum absolute atomic E-state index is 13.6. The summed E-state index contributed by atoms with van der Waals surface area (Å²) in [7, 11) is -3.79. The van der Waals surface area contributed by atoms with Crippen LogP contribution in [0.1, 0.15) is 32.8 Å². The standard InChI is InChI=1S/C24H30BrCl2N3O4S/c1-5-22(24(32)28-13-16(2)3)29(14-17-6-11-20(26)21(27)12-17)23(31)15-30(35(4,33)34)19-9-7-18(25)8-10-19/h6-12,16,22H,5,13-15H2,1-4H3,(H,28,32)/t22-/m1/s1. The summed E-state index contributed by atoms with van der Waals surface area (Å²) in [4.78, 5) is 28.0. The molecule has 0 aliphatic carbocycles. The molecular weight excluding hydrogens is 577 g/mol. The number of carbonyl (C=O) groups excluding carboxylic acids is 2. The van der Waals surface area contributed by atoms with Gasteiger partial charge in [-0.25, -0.2) is 8.42 Å². The van der Waals surface area contributed by atoms with Gasteiger partial charge in [-0.3, -0.25) is 13.9 Å². The fourth-order valence-electron chi connectivity index (χ4n) is 3.40. The highest BCUT2D eigenvalue weighted by Crippen LogP contribution is 2.25. The van der Waals surface area contributed by atoms with Crippen molar-refractivity contribution in [1.29, 1.82) is 0 Å². The minimum Gasteiger partial charge on any atom is -0.354 e. The predicted molar refractivity (Wildman–Crippen MR) is 145 cm³/mol. The summed E-state index contributed by atoms with van der Waals surface area (Å²) in [6.45, 7) is 5.80. The molecule has 0 aromatic heterocycles. The lowest BCUT2D eigenvalue weighted by Gasteiger charge is -2.33. The Kier molecular flexibility index (Phi) is 10.9. The number of rotatable bonds is 11. The molecule has 7 nitrogen and oxygen atoms in total. The van der Waals surface area contributed by atoms with Gasteiger partial charge in [-0.05, 0) is 54.3 Å². The summed E-state index contributed by atoms with van der Waals surface area (Å²) in [5.41, 5.74) is 1.01. The van der Waals surface area contributed by atoms with Crippen molar-refractivity contribution in [2.45, 2.75) is 39.8 Å². The molecule has 35 heavy (non-hydrogen) atoms. The van der Waals surface area contributed by atoms with Crippen molar-refractivity contribution in [1.82, 2.24) is 10.2 Å². The lowest BCUT2D eigenvalue weighted by molar-refractivity contribution is -0.140. The summed E-state index contributed by atoms with van der Waals surface area (Å²) >= 11 is 15.5. The molecule has 0 aliphatic rings. The molecule has 2 aromatic rings. The zero-order chi connectivity index (χ0) is 26.3. The Morgan fingerprint density at radius 3 is 2.20 bits per heavy atom. The van der Waals surface area contributed by atoms with Gasteiger partial charge in [0.05, 0.1) is 22.0 Å². The molecule has 0 aliphatic heterocycles. The van der Waals surface area contributed by atoms with Crippen molar-refractivity contribution in [3.63, 3.8) is 0 Å². The van der Waals surface area contributed by atoms with Crippen LogP contribution >= 0.6 is 39.1 Å². The van der Waals surface area contributed by atoms with Crippen molar-refractivity contribution in [3.05, 3.63) is 62.5 Å². The molecule has 2 amide bonds. The average Bonchev–Trinajstić information content (AvgIpc) is 2.78. The van der Waals surface area contributed by atoms with E-state index < -0.39 is 28.5 Å². The zero-order valence-electron chi connectivity index (χ0n) is 20.1. The van der Waals surface area contributed by atoms with Crippen LogP contribution in [0.3, 0.4) is 0 Å². The van der Waals surface area contributed by atoms with Crippen LogP contribution in [0.5, 0.6) is 0 Å². The number of nitrogens with one attached hydrogen (secondary N) is 1. The summed E-state index contributed by atoms with van der Waals surface area (Å²) in [6.07, 6.45) is 1.38. The van der Waals surface area contributed by atoms with Crippen LogP contribution < -0.4 is 9.62 Å². The Labute approximate surface area is 225 Å². The van der Waals surface area contributed by atoms with Gasteiger partial charge in [0.2, 0.25) is 21.8 Å². The molecule has 11 heteroatoms. The Bertz CT molecular complexity index is 1140. The van der Waals surface area contributed by atoms with Crippen molar-refractivity contribution in [3.8, 4) is 0 Å². The molecule has 1 atom stereocenters. The van der Waals surface area contributed by atoms with Gasteiger partial charge < -0.3 is 10.2 Å². The number of nitrogens with zero attached hydrogens (tertiary/aromatic N) is 2. The van der Waals surface area contributed by atoms with Gasteiger partial charge >= 0.3 is 0 Å². The topological polar surface area (TPSA) is 86.8 Å². The van der Waals surface area contributed by atoms with Gasteiger partial charge in [-0.15, -0.1) is 0 Å². The molecule has 0 spiro atoms. The summed E-state index contributed by atoms with van der Waals surface area (Å²) < 4.78 is 27.0. The first-order chi connectivity index (χ1) is 16.3. The Morgan fingerprint density at radius 2 is 1.69 bits per heavy atom.